The first-order valence-corrected chi connectivity index (χ1v) is 13.4. The number of aliphatic hydroxyl groups is 3. The first-order chi connectivity index (χ1) is 19.3. The fourth-order valence-corrected chi connectivity index (χ4v) is 2.60. The highest BCUT2D eigenvalue weighted by Crippen LogP contribution is 1.99. The Kier molecular flexibility index (Phi) is 33.6. The molecule has 0 spiro atoms. The molecule has 0 aliphatic heterocycles. The summed E-state index contributed by atoms with van der Waals surface area (Å²) in [6.07, 6.45) is 0. The smallest absolute Gasteiger partial charge is 0.0718 e. The van der Waals surface area contributed by atoms with Gasteiger partial charge in [-0.25, -0.2) is 0 Å². The number of aliphatic hydroxyl groups excluding tert-OH is 3. The van der Waals surface area contributed by atoms with Gasteiger partial charge in [0.2, 0.25) is 0 Å². The van der Waals surface area contributed by atoms with Gasteiger partial charge in [-0.05, 0) is 5.56 Å². The van der Waals surface area contributed by atoms with Crippen LogP contribution in [0.4, 0.5) is 0 Å². The molecule has 0 unspecified atom stereocenters. The van der Waals surface area contributed by atoms with Crippen LogP contribution in [0.1, 0.15) is 5.56 Å². The van der Waals surface area contributed by atoms with Gasteiger partial charge >= 0.3 is 0 Å². The van der Waals surface area contributed by atoms with Gasteiger partial charge in [0.25, 0.3) is 0 Å². The molecular weight excluding hydrogens is 516 g/mol. The zero-order chi connectivity index (χ0) is 28.3. The van der Waals surface area contributed by atoms with Crippen LogP contribution in [0.2, 0.25) is 0 Å². The lowest BCUT2D eigenvalue weighted by Gasteiger charge is -2.07. The average Bonchev–Trinajstić information content (AvgIpc) is 2.96. The molecule has 0 heterocycles. The lowest BCUT2D eigenvalue weighted by molar-refractivity contribution is -0.0145. The zero-order valence-electron chi connectivity index (χ0n) is 23.3. The predicted octanol–water partition coefficient (Wildman–Crippen LogP) is 0.299. The number of hydrogen-bond donors (Lipinski definition) is 3. The molecule has 0 bridgehead atoms. The van der Waals surface area contributed by atoms with Crippen molar-refractivity contribution in [3.05, 3.63) is 35.9 Å². The van der Waals surface area contributed by atoms with Gasteiger partial charge in [0, 0.05) is 0 Å². The Bertz CT molecular complexity index is 539. The summed E-state index contributed by atoms with van der Waals surface area (Å²) < 4.78 is 47.0. The normalized spacial score (nSPS) is 10.9. The van der Waals surface area contributed by atoms with Gasteiger partial charge in [-0.3, -0.25) is 0 Å². The third-order valence-electron chi connectivity index (χ3n) is 4.42. The molecule has 0 amide bonds. The topological polar surface area (TPSA) is 144 Å². The number of rotatable bonds is 29. The van der Waals surface area contributed by atoms with Crippen LogP contribution in [0.5, 0.6) is 0 Å². The van der Waals surface area contributed by atoms with E-state index in [4.69, 9.17) is 58.0 Å². The van der Waals surface area contributed by atoms with Crippen molar-refractivity contribution in [2.24, 2.45) is 0 Å². The number of hydrogen-bond acceptors (Lipinski definition) is 12. The molecule has 0 aliphatic rings. The Balaban J connectivity index is 0.000000794. The first kappa shape index (κ1) is 37.7. The van der Waals surface area contributed by atoms with Gasteiger partial charge < -0.3 is 58.0 Å². The molecule has 0 fully saturated rings. The molecule has 0 saturated heterocycles. The summed E-state index contributed by atoms with van der Waals surface area (Å²) in [6.45, 7) is 9.10. The van der Waals surface area contributed by atoms with E-state index in [1.54, 1.807) is 0 Å². The Morgan fingerprint density at radius 1 is 0.333 bits per heavy atom. The fourth-order valence-electron chi connectivity index (χ4n) is 2.60. The van der Waals surface area contributed by atoms with Crippen LogP contribution in [0.25, 0.3) is 0 Å². The van der Waals surface area contributed by atoms with Crippen molar-refractivity contribution in [2.45, 2.75) is 6.61 Å². The van der Waals surface area contributed by atoms with Gasteiger partial charge in [-0.15, -0.1) is 0 Å². The minimum atomic E-state index is 0.0386. The summed E-state index contributed by atoms with van der Waals surface area (Å²) in [5.41, 5.74) is 1.16. The van der Waals surface area contributed by atoms with Crippen LogP contribution in [0.3, 0.4) is 0 Å². The van der Waals surface area contributed by atoms with E-state index in [9.17, 15) is 0 Å². The molecule has 0 radical (unpaired) electrons. The standard InChI is InChI=1S/C17H28O6.C10H22O6/c18-6-7-19-8-9-20-10-11-21-12-13-22-14-15-23-16-17-4-2-1-3-5-17;11-1-3-13-5-7-15-9-10-16-8-6-14-4-2-12/h1-5,18H,6-16H2;11-12H,1-10H2. The first-order valence-electron chi connectivity index (χ1n) is 13.4. The van der Waals surface area contributed by atoms with Crippen LogP contribution in [-0.4, -0.2) is 147 Å². The van der Waals surface area contributed by atoms with Crippen molar-refractivity contribution >= 4 is 0 Å². The molecule has 1 rings (SSSR count). The van der Waals surface area contributed by atoms with Crippen molar-refractivity contribution in [1.82, 2.24) is 0 Å². The Labute approximate surface area is 233 Å². The SMILES string of the molecule is OCCOCCOCCOCCOCCO.OCCOCCOCCOCCOCCOCc1ccccc1. The number of ether oxygens (including phenoxy) is 9. The third kappa shape index (κ3) is 32.8. The van der Waals surface area contributed by atoms with Crippen molar-refractivity contribution in [3.8, 4) is 0 Å². The predicted molar refractivity (Wildman–Crippen MR) is 144 cm³/mol. The largest absolute Gasteiger partial charge is 0.394 e. The maximum Gasteiger partial charge on any atom is 0.0718 e. The van der Waals surface area contributed by atoms with Gasteiger partial charge in [0.1, 0.15) is 0 Å². The highest BCUT2D eigenvalue weighted by atomic mass is 16.6. The van der Waals surface area contributed by atoms with Crippen LogP contribution < -0.4 is 0 Å². The van der Waals surface area contributed by atoms with E-state index in [2.05, 4.69) is 0 Å². The van der Waals surface area contributed by atoms with E-state index in [1.807, 2.05) is 30.3 Å². The molecule has 39 heavy (non-hydrogen) atoms. The molecule has 3 N–H and O–H groups in total. The Hall–Kier alpha value is -1.26. The molecule has 0 saturated carbocycles. The highest BCUT2D eigenvalue weighted by Gasteiger charge is 1.95. The summed E-state index contributed by atoms with van der Waals surface area (Å²) in [4.78, 5) is 0. The molecule has 1 aromatic rings. The molecular formula is C27H50O12. The van der Waals surface area contributed by atoms with Gasteiger partial charge in [0.05, 0.1) is 139 Å². The van der Waals surface area contributed by atoms with Crippen molar-refractivity contribution in [1.29, 1.82) is 0 Å². The van der Waals surface area contributed by atoms with Gasteiger partial charge in [-0.2, -0.15) is 0 Å². The zero-order valence-corrected chi connectivity index (χ0v) is 23.3. The third-order valence-corrected chi connectivity index (χ3v) is 4.42. The molecule has 12 heteroatoms. The lowest BCUT2D eigenvalue weighted by atomic mass is 10.2. The quantitative estimate of drug-likeness (QED) is 0.115. The van der Waals surface area contributed by atoms with E-state index in [0.29, 0.717) is 119 Å². The fraction of sp³-hybridized carbons (Fsp3) is 0.778. The van der Waals surface area contributed by atoms with Crippen LogP contribution in [-0.2, 0) is 49.2 Å². The second kappa shape index (κ2) is 34.8. The molecule has 1 aromatic carbocycles. The van der Waals surface area contributed by atoms with E-state index >= 15 is 0 Å². The molecule has 0 atom stereocenters. The monoisotopic (exact) mass is 566 g/mol. The Morgan fingerprint density at radius 3 is 0.872 bits per heavy atom. The summed E-state index contributed by atoms with van der Waals surface area (Å²) in [5.74, 6) is 0. The maximum absolute atomic E-state index is 8.50. The second-order valence-corrected chi connectivity index (χ2v) is 7.61. The van der Waals surface area contributed by atoms with Gasteiger partial charge in [0.15, 0.2) is 0 Å². The number of benzene rings is 1. The summed E-state index contributed by atoms with van der Waals surface area (Å²) in [6, 6.07) is 10.1. The summed E-state index contributed by atoms with van der Waals surface area (Å²) in [5, 5.41) is 25.3. The van der Waals surface area contributed by atoms with Crippen molar-refractivity contribution < 1.29 is 58.0 Å². The van der Waals surface area contributed by atoms with Gasteiger partial charge in [-0.1, -0.05) is 30.3 Å². The van der Waals surface area contributed by atoms with E-state index in [-0.39, 0.29) is 19.8 Å². The summed E-state index contributed by atoms with van der Waals surface area (Å²) in [7, 11) is 0. The molecule has 12 nitrogen and oxygen atoms in total. The molecule has 230 valence electrons. The molecule has 0 aromatic heterocycles. The summed E-state index contributed by atoms with van der Waals surface area (Å²) >= 11 is 0. The second-order valence-electron chi connectivity index (χ2n) is 7.61. The van der Waals surface area contributed by atoms with E-state index in [1.165, 1.54) is 0 Å². The molecule has 0 aliphatic carbocycles. The van der Waals surface area contributed by atoms with Crippen LogP contribution >= 0.6 is 0 Å². The van der Waals surface area contributed by atoms with E-state index in [0.717, 1.165) is 5.56 Å². The van der Waals surface area contributed by atoms with Crippen LogP contribution in [0.15, 0.2) is 30.3 Å². The van der Waals surface area contributed by atoms with Crippen molar-refractivity contribution in [2.75, 3.05) is 132 Å². The highest BCUT2D eigenvalue weighted by molar-refractivity contribution is 5.13. The lowest BCUT2D eigenvalue weighted by Crippen LogP contribution is -2.13. The minimum Gasteiger partial charge on any atom is -0.394 e. The Morgan fingerprint density at radius 2 is 0.590 bits per heavy atom. The van der Waals surface area contributed by atoms with Crippen LogP contribution in [0, 0.1) is 0 Å². The maximum atomic E-state index is 8.50. The van der Waals surface area contributed by atoms with Crippen molar-refractivity contribution in [3.63, 3.8) is 0 Å². The average molecular weight is 567 g/mol. The van der Waals surface area contributed by atoms with E-state index < -0.39 is 0 Å². The minimum absolute atomic E-state index is 0.0386.